The lowest BCUT2D eigenvalue weighted by atomic mass is 10.1. The molecule has 22 heavy (non-hydrogen) atoms. The zero-order chi connectivity index (χ0) is 15.6. The molecule has 1 aromatic heterocycles. The minimum Gasteiger partial charge on any atom is -0.491 e. The molecule has 2 heterocycles. The summed E-state index contributed by atoms with van der Waals surface area (Å²) in [5.41, 5.74) is 0.266. The van der Waals surface area contributed by atoms with Crippen LogP contribution >= 0.6 is 0 Å². The SMILES string of the molecule is Cn1cc(CN2CCC(O)(COc3ccc(F)cc3)C2)cn1. The second-order valence-corrected chi connectivity index (χ2v) is 5.95. The third-order valence-electron chi connectivity index (χ3n) is 3.90. The van der Waals surface area contributed by atoms with Crippen LogP contribution in [-0.2, 0) is 13.6 Å². The Morgan fingerprint density at radius 1 is 1.36 bits per heavy atom. The molecular weight excluding hydrogens is 285 g/mol. The van der Waals surface area contributed by atoms with E-state index in [4.69, 9.17) is 4.74 Å². The molecule has 1 unspecified atom stereocenters. The van der Waals surface area contributed by atoms with Crippen LogP contribution in [0.5, 0.6) is 5.75 Å². The van der Waals surface area contributed by atoms with E-state index in [9.17, 15) is 9.50 Å². The van der Waals surface area contributed by atoms with E-state index in [0.717, 1.165) is 18.7 Å². The average molecular weight is 305 g/mol. The van der Waals surface area contributed by atoms with Gasteiger partial charge in [0, 0.05) is 38.4 Å². The first-order valence-corrected chi connectivity index (χ1v) is 7.33. The van der Waals surface area contributed by atoms with Gasteiger partial charge in [0.05, 0.1) is 6.20 Å². The number of ether oxygens (including phenoxy) is 1. The van der Waals surface area contributed by atoms with Crippen LogP contribution in [0.2, 0.25) is 0 Å². The lowest BCUT2D eigenvalue weighted by Gasteiger charge is -2.23. The van der Waals surface area contributed by atoms with Crippen LogP contribution in [0.25, 0.3) is 0 Å². The van der Waals surface area contributed by atoms with Crippen molar-refractivity contribution in [3.05, 3.63) is 48.0 Å². The van der Waals surface area contributed by atoms with Crippen LogP contribution in [-0.4, -0.2) is 45.1 Å². The van der Waals surface area contributed by atoms with E-state index in [1.54, 1.807) is 16.8 Å². The number of rotatable bonds is 5. The number of nitrogens with zero attached hydrogens (tertiary/aromatic N) is 3. The van der Waals surface area contributed by atoms with Crippen LogP contribution in [0.4, 0.5) is 4.39 Å². The quantitative estimate of drug-likeness (QED) is 0.911. The molecule has 118 valence electrons. The van der Waals surface area contributed by atoms with Crippen molar-refractivity contribution in [1.82, 2.24) is 14.7 Å². The van der Waals surface area contributed by atoms with Gasteiger partial charge < -0.3 is 9.84 Å². The van der Waals surface area contributed by atoms with Gasteiger partial charge >= 0.3 is 0 Å². The van der Waals surface area contributed by atoms with Crippen molar-refractivity contribution in [2.75, 3.05) is 19.7 Å². The Bertz CT molecular complexity index is 629. The first-order valence-electron chi connectivity index (χ1n) is 7.33. The molecule has 2 aromatic rings. The van der Waals surface area contributed by atoms with Crippen molar-refractivity contribution in [2.24, 2.45) is 7.05 Å². The topological polar surface area (TPSA) is 50.5 Å². The lowest BCUT2D eigenvalue weighted by Crippen LogP contribution is -2.39. The first kappa shape index (κ1) is 15.0. The standard InChI is InChI=1S/C16H20FN3O2/c1-19-9-13(8-18-19)10-20-7-6-16(21,11-20)12-22-15-4-2-14(17)3-5-15/h2-5,8-9,21H,6-7,10-12H2,1H3. The van der Waals surface area contributed by atoms with Gasteiger partial charge in [-0.25, -0.2) is 4.39 Å². The van der Waals surface area contributed by atoms with E-state index in [0.29, 0.717) is 18.7 Å². The number of β-amino-alcohol motifs (C(OH)–C–C–N with tert-alkyl or cyclic N) is 1. The van der Waals surface area contributed by atoms with Crippen LogP contribution in [0.15, 0.2) is 36.7 Å². The molecule has 3 rings (SSSR count). The Morgan fingerprint density at radius 3 is 2.82 bits per heavy atom. The van der Waals surface area contributed by atoms with Gasteiger partial charge in [-0.05, 0) is 30.7 Å². The maximum atomic E-state index is 12.8. The summed E-state index contributed by atoms with van der Waals surface area (Å²) in [6.45, 7) is 2.36. The van der Waals surface area contributed by atoms with Crippen molar-refractivity contribution in [3.63, 3.8) is 0 Å². The first-order chi connectivity index (χ1) is 10.5. The highest BCUT2D eigenvalue weighted by molar-refractivity contribution is 5.22. The molecular formula is C16H20FN3O2. The Balaban J connectivity index is 1.52. The molecule has 1 aliphatic rings. The van der Waals surface area contributed by atoms with E-state index < -0.39 is 5.60 Å². The van der Waals surface area contributed by atoms with Crippen molar-refractivity contribution < 1.29 is 14.2 Å². The smallest absolute Gasteiger partial charge is 0.123 e. The fourth-order valence-electron chi connectivity index (χ4n) is 2.75. The van der Waals surface area contributed by atoms with Crippen LogP contribution in [0.1, 0.15) is 12.0 Å². The number of aliphatic hydroxyl groups is 1. The molecule has 1 fully saturated rings. The minimum absolute atomic E-state index is 0.210. The zero-order valence-electron chi connectivity index (χ0n) is 12.6. The summed E-state index contributed by atoms with van der Waals surface area (Å²) < 4.78 is 20.2. The monoisotopic (exact) mass is 305 g/mol. The van der Waals surface area contributed by atoms with Crippen molar-refractivity contribution in [2.45, 2.75) is 18.6 Å². The average Bonchev–Trinajstić information content (AvgIpc) is 3.06. The highest BCUT2D eigenvalue weighted by Crippen LogP contribution is 2.24. The summed E-state index contributed by atoms with van der Waals surface area (Å²) in [7, 11) is 1.89. The molecule has 0 spiro atoms. The number of hydrogen-bond donors (Lipinski definition) is 1. The van der Waals surface area contributed by atoms with Gasteiger partial charge in [0.1, 0.15) is 23.8 Å². The summed E-state index contributed by atoms with van der Waals surface area (Å²) in [6, 6.07) is 5.84. The zero-order valence-corrected chi connectivity index (χ0v) is 12.6. The van der Waals surface area contributed by atoms with Gasteiger partial charge in [0.25, 0.3) is 0 Å². The number of aryl methyl sites for hydroxylation is 1. The molecule has 0 amide bonds. The molecule has 5 nitrogen and oxygen atoms in total. The Kier molecular flexibility index (Phi) is 4.13. The summed E-state index contributed by atoms with van der Waals surface area (Å²) in [5.74, 6) is 0.273. The number of hydrogen-bond acceptors (Lipinski definition) is 4. The largest absolute Gasteiger partial charge is 0.491 e. The predicted octanol–water partition coefficient (Wildman–Crippen LogP) is 1.57. The normalized spacial score (nSPS) is 22.1. The Labute approximate surface area is 128 Å². The van der Waals surface area contributed by atoms with E-state index in [2.05, 4.69) is 10.00 Å². The van der Waals surface area contributed by atoms with Gasteiger partial charge in [-0.15, -0.1) is 0 Å². The van der Waals surface area contributed by atoms with Gasteiger partial charge in [0.2, 0.25) is 0 Å². The molecule has 1 aliphatic heterocycles. The number of aromatic nitrogens is 2. The third kappa shape index (κ3) is 3.64. The maximum Gasteiger partial charge on any atom is 0.123 e. The molecule has 1 saturated heterocycles. The second kappa shape index (κ2) is 6.06. The van der Waals surface area contributed by atoms with Gasteiger partial charge in [-0.1, -0.05) is 0 Å². The molecule has 0 radical (unpaired) electrons. The fourth-order valence-corrected chi connectivity index (χ4v) is 2.75. The Hall–Kier alpha value is -1.92. The van der Waals surface area contributed by atoms with Crippen LogP contribution in [0, 0.1) is 5.82 Å². The number of benzene rings is 1. The third-order valence-corrected chi connectivity index (χ3v) is 3.90. The summed E-state index contributed by atoms with van der Waals surface area (Å²) in [6.07, 6.45) is 4.48. The van der Waals surface area contributed by atoms with E-state index in [1.807, 2.05) is 19.4 Å². The second-order valence-electron chi connectivity index (χ2n) is 5.95. The minimum atomic E-state index is -0.864. The molecule has 1 aromatic carbocycles. The molecule has 6 heteroatoms. The molecule has 0 aliphatic carbocycles. The number of halogens is 1. The lowest BCUT2D eigenvalue weighted by molar-refractivity contribution is 0.00336. The van der Waals surface area contributed by atoms with E-state index in [1.165, 1.54) is 12.1 Å². The van der Waals surface area contributed by atoms with Gasteiger partial charge in [-0.3, -0.25) is 9.58 Å². The van der Waals surface area contributed by atoms with Crippen molar-refractivity contribution in [1.29, 1.82) is 0 Å². The van der Waals surface area contributed by atoms with Gasteiger partial charge in [-0.2, -0.15) is 5.10 Å². The highest BCUT2D eigenvalue weighted by atomic mass is 19.1. The highest BCUT2D eigenvalue weighted by Gasteiger charge is 2.36. The Morgan fingerprint density at radius 2 is 2.14 bits per heavy atom. The van der Waals surface area contributed by atoms with Crippen LogP contribution in [0.3, 0.4) is 0 Å². The summed E-state index contributed by atoms with van der Waals surface area (Å²) >= 11 is 0. The maximum absolute atomic E-state index is 12.8. The molecule has 1 atom stereocenters. The predicted molar refractivity (Wildman–Crippen MR) is 79.9 cm³/mol. The summed E-state index contributed by atoms with van der Waals surface area (Å²) in [4.78, 5) is 2.19. The molecule has 0 bridgehead atoms. The fraction of sp³-hybridized carbons (Fsp3) is 0.438. The van der Waals surface area contributed by atoms with Crippen molar-refractivity contribution in [3.8, 4) is 5.75 Å². The van der Waals surface area contributed by atoms with Crippen molar-refractivity contribution >= 4 is 0 Å². The molecule has 1 N–H and O–H groups in total. The summed E-state index contributed by atoms with van der Waals surface area (Å²) in [5, 5.41) is 14.7. The molecule has 0 saturated carbocycles. The van der Waals surface area contributed by atoms with Crippen LogP contribution < -0.4 is 4.74 Å². The number of likely N-dealkylation sites (tertiary alicyclic amines) is 1. The van der Waals surface area contributed by atoms with Gasteiger partial charge in [0.15, 0.2) is 0 Å². The van der Waals surface area contributed by atoms with E-state index >= 15 is 0 Å². The van der Waals surface area contributed by atoms with E-state index in [-0.39, 0.29) is 12.4 Å².